The summed E-state index contributed by atoms with van der Waals surface area (Å²) in [6.07, 6.45) is 2.68. The lowest BCUT2D eigenvalue weighted by Gasteiger charge is -2.22. The number of carbonyl (C=O) groups is 2. The smallest absolute Gasteiger partial charge is 0.337 e. The lowest BCUT2D eigenvalue weighted by Crippen LogP contribution is -2.55. The molecule has 28 heavy (non-hydrogen) atoms. The summed E-state index contributed by atoms with van der Waals surface area (Å²) in [4.78, 5) is 61.6. The van der Waals surface area contributed by atoms with E-state index in [1.54, 1.807) is 6.92 Å². The first-order valence-electron chi connectivity index (χ1n) is 8.45. The molecule has 1 aromatic rings. The molecule has 0 saturated carbocycles. The summed E-state index contributed by atoms with van der Waals surface area (Å²) < 4.78 is 7.36. The maximum Gasteiger partial charge on any atom is 0.337 e. The molecule has 1 aromatic heterocycles. The lowest BCUT2D eigenvalue weighted by atomic mass is 10.1. The van der Waals surface area contributed by atoms with E-state index in [1.807, 2.05) is 0 Å². The van der Waals surface area contributed by atoms with Crippen LogP contribution in [0.25, 0.3) is 0 Å². The Balaban J connectivity index is 2.67. The van der Waals surface area contributed by atoms with Crippen LogP contribution in [0.15, 0.2) is 51.0 Å². The van der Waals surface area contributed by atoms with Gasteiger partial charge in [-0.15, -0.1) is 13.2 Å². The third kappa shape index (κ3) is 4.03. The van der Waals surface area contributed by atoms with Gasteiger partial charge in [0.15, 0.2) is 0 Å². The fraction of sp³-hybridized carbons (Fsp3) is 0.353. The first-order valence-corrected chi connectivity index (χ1v) is 8.45. The van der Waals surface area contributed by atoms with Crippen molar-refractivity contribution in [3.63, 3.8) is 0 Å². The van der Waals surface area contributed by atoms with Crippen molar-refractivity contribution in [3.8, 4) is 0 Å². The minimum Gasteiger partial charge on any atom is -0.463 e. The Morgan fingerprint density at radius 2 is 1.57 bits per heavy atom. The van der Waals surface area contributed by atoms with E-state index in [0.29, 0.717) is 0 Å². The zero-order valence-corrected chi connectivity index (χ0v) is 15.4. The van der Waals surface area contributed by atoms with Gasteiger partial charge < -0.3 is 15.4 Å². The molecule has 150 valence electrons. The topological polar surface area (TPSA) is 133 Å². The van der Waals surface area contributed by atoms with Crippen LogP contribution < -0.4 is 27.7 Å². The standard InChI is InChI=1S/C17H21N5O6/c1-4-7-20-15(25)21(8-5-2)17(27)22(16(20)26)10-12-11(13(23)28-6-3)9-18-14(24)19-12/h4-5H,1-2,6-10H2,3H3,(H2,18,19,24). The SMILES string of the molecule is C=CCn1c(=O)n(CC=C)c(=O)n(CC2=C(C(=O)OCC)CNC(=O)N2)c1=O. The van der Waals surface area contributed by atoms with Crippen LogP contribution in [0.5, 0.6) is 0 Å². The number of hydrogen-bond acceptors (Lipinski definition) is 6. The second kappa shape index (κ2) is 8.84. The van der Waals surface area contributed by atoms with Crippen LogP contribution >= 0.6 is 0 Å². The van der Waals surface area contributed by atoms with Gasteiger partial charge in [0.2, 0.25) is 0 Å². The maximum absolute atomic E-state index is 12.7. The molecule has 0 atom stereocenters. The minimum absolute atomic E-state index is 0.0374. The van der Waals surface area contributed by atoms with E-state index < -0.39 is 35.6 Å². The molecule has 11 heteroatoms. The Hall–Kier alpha value is -3.63. The molecule has 2 rings (SSSR count). The van der Waals surface area contributed by atoms with Crippen LogP contribution in [-0.2, 0) is 29.2 Å². The molecule has 0 saturated heterocycles. The van der Waals surface area contributed by atoms with E-state index in [9.17, 15) is 24.0 Å². The summed E-state index contributed by atoms with van der Waals surface area (Å²) in [5.74, 6) is -0.691. The third-order valence-electron chi connectivity index (χ3n) is 3.90. The fourth-order valence-electron chi connectivity index (χ4n) is 2.63. The molecule has 2 amide bonds. The molecule has 0 spiro atoms. The van der Waals surface area contributed by atoms with Crippen molar-refractivity contribution in [3.05, 3.63) is 68.0 Å². The molecule has 2 heterocycles. The maximum atomic E-state index is 12.7. The first-order chi connectivity index (χ1) is 13.3. The van der Waals surface area contributed by atoms with Gasteiger partial charge in [-0.25, -0.2) is 37.7 Å². The highest BCUT2D eigenvalue weighted by Gasteiger charge is 2.25. The number of esters is 1. The van der Waals surface area contributed by atoms with Crippen LogP contribution in [0.2, 0.25) is 0 Å². The minimum atomic E-state index is -0.890. The number of urea groups is 1. The number of nitrogens with zero attached hydrogens (tertiary/aromatic N) is 3. The van der Waals surface area contributed by atoms with Crippen LogP contribution in [0, 0.1) is 0 Å². The van der Waals surface area contributed by atoms with Gasteiger partial charge in [0.25, 0.3) is 0 Å². The monoisotopic (exact) mass is 391 g/mol. The summed E-state index contributed by atoms with van der Waals surface area (Å²) >= 11 is 0. The van der Waals surface area contributed by atoms with Crippen LogP contribution in [0.4, 0.5) is 4.79 Å². The molecule has 0 bridgehead atoms. The average Bonchev–Trinajstić information content (AvgIpc) is 2.66. The van der Waals surface area contributed by atoms with E-state index in [2.05, 4.69) is 23.8 Å². The van der Waals surface area contributed by atoms with Crippen LogP contribution in [-0.4, -0.2) is 38.9 Å². The van der Waals surface area contributed by atoms with Crippen molar-refractivity contribution in [2.75, 3.05) is 13.2 Å². The lowest BCUT2D eigenvalue weighted by molar-refractivity contribution is -0.138. The van der Waals surface area contributed by atoms with Crippen LogP contribution in [0.3, 0.4) is 0 Å². The van der Waals surface area contributed by atoms with E-state index >= 15 is 0 Å². The number of allylic oxidation sites excluding steroid dienone is 3. The molecule has 1 aliphatic heterocycles. The molecule has 0 unspecified atom stereocenters. The number of rotatable bonds is 8. The normalized spacial score (nSPS) is 13.5. The molecule has 1 aliphatic rings. The van der Waals surface area contributed by atoms with Gasteiger partial charge in [0, 0.05) is 0 Å². The van der Waals surface area contributed by atoms with Crippen molar-refractivity contribution in [2.45, 2.75) is 26.6 Å². The number of amides is 2. The number of aromatic nitrogens is 3. The van der Waals surface area contributed by atoms with Gasteiger partial charge in [0.05, 0.1) is 44.1 Å². The summed E-state index contributed by atoms with van der Waals surface area (Å²) in [7, 11) is 0. The van der Waals surface area contributed by atoms with E-state index in [1.165, 1.54) is 12.2 Å². The average molecular weight is 391 g/mol. The van der Waals surface area contributed by atoms with E-state index in [4.69, 9.17) is 4.74 Å². The van der Waals surface area contributed by atoms with Gasteiger partial charge in [-0.05, 0) is 6.92 Å². The van der Waals surface area contributed by atoms with E-state index in [0.717, 1.165) is 13.7 Å². The molecule has 0 aromatic carbocycles. The van der Waals surface area contributed by atoms with Crippen molar-refractivity contribution in [1.29, 1.82) is 0 Å². The number of carbonyl (C=O) groups excluding carboxylic acids is 2. The number of ether oxygens (including phenoxy) is 1. The summed E-state index contributed by atoms with van der Waals surface area (Å²) in [6, 6.07) is -0.595. The van der Waals surface area contributed by atoms with Crippen molar-refractivity contribution < 1.29 is 14.3 Å². The predicted molar refractivity (Wildman–Crippen MR) is 99.8 cm³/mol. The second-order valence-corrected chi connectivity index (χ2v) is 5.72. The number of hydrogen-bond donors (Lipinski definition) is 2. The zero-order valence-electron chi connectivity index (χ0n) is 15.4. The molecule has 11 nitrogen and oxygen atoms in total. The predicted octanol–water partition coefficient (Wildman–Crippen LogP) is -1.33. The molecule has 0 radical (unpaired) electrons. The Morgan fingerprint density at radius 1 is 1.04 bits per heavy atom. The Labute approximate surface area is 159 Å². The number of nitrogens with one attached hydrogen (secondary N) is 2. The first kappa shape index (κ1) is 20.7. The second-order valence-electron chi connectivity index (χ2n) is 5.72. The summed E-state index contributed by atoms with van der Waals surface area (Å²) in [5.41, 5.74) is -2.47. The Bertz CT molecular complexity index is 978. The van der Waals surface area contributed by atoms with E-state index in [-0.39, 0.29) is 37.5 Å². The Kier molecular flexibility index (Phi) is 6.53. The van der Waals surface area contributed by atoms with Gasteiger partial charge in [-0.3, -0.25) is 0 Å². The highest BCUT2D eigenvalue weighted by atomic mass is 16.5. The largest absolute Gasteiger partial charge is 0.463 e. The van der Waals surface area contributed by atoms with Crippen molar-refractivity contribution >= 4 is 12.0 Å². The van der Waals surface area contributed by atoms with Gasteiger partial charge in [-0.2, -0.15) is 0 Å². The molecular formula is C17H21N5O6. The van der Waals surface area contributed by atoms with Gasteiger partial charge >= 0.3 is 29.1 Å². The molecular weight excluding hydrogens is 370 g/mol. The Morgan fingerprint density at radius 3 is 2.07 bits per heavy atom. The third-order valence-corrected chi connectivity index (χ3v) is 3.90. The fourth-order valence-corrected chi connectivity index (χ4v) is 2.63. The quantitative estimate of drug-likeness (QED) is 0.417. The molecule has 0 aliphatic carbocycles. The van der Waals surface area contributed by atoms with Crippen LogP contribution in [0.1, 0.15) is 6.92 Å². The van der Waals surface area contributed by atoms with Crippen molar-refractivity contribution in [1.82, 2.24) is 24.3 Å². The highest BCUT2D eigenvalue weighted by molar-refractivity contribution is 5.93. The molecule has 2 N–H and O–H groups in total. The zero-order chi connectivity index (χ0) is 20.8. The summed E-state index contributed by atoms with van der Waals surface area (Å²) in [5, 5.41) is 4.85. The molecule has 0 fully saturated rings. The van der Waals surface area contributed by atoms with Gasteiger partial charge in [0.1, 0.15) is 0 Å². The van der Waals surface area contributed by atoms with Gasteiger partial charge in [-0.1, -0.05) is 12.2 Å². The van der Waals surface area contributed by atoms with Crippen molar-refractivity contribution in [2.24, 2.45) is 0 Å². The summed E-state index contributed by atoms with van der Waals surface area (Å²) in [6.45, 7) is 7.94. The highest BCUT2D eigenvalue weighted by Crippen LogP contribution is 2.09.